The van der Waals surface area contributed by atoms with E-state index in [0.717, 1.165) is 5.69 Å². The Morgan fingerprint density at radius 1 is 1.39 bits per heavy atom. The normalized spacial score (nSPS) is 10.1. The largest absolute Gasteiger partial charge is 0.478 e. The lowest BCUT2D eigenvalue weighted by molar-refractivity contribution is 0.0697. The van der Waals surface area contributed by atoms with Gasteiger partial charge in [0.2, 0.25) is 0 Å². The number of benzene rings is 1. The third-order valence-corrected chi connectivity index (χ3v) is 3.62. The minimum atomic E-state index is -0.995. The van der Waals surface area contributed by atoms with Crippen molar-refractivity contribution < 1.29 is 9.90 Å². The Morgan fingerprint density at radius 2 is 2.17 bits per heavy atom. The summed E-state index contributed by atoms with van der Waals surface area (Å²) in [5, 5.41) is 12.5. The van der Waals surface area contributed by atoms with Gasteiger partial charge >= 0.3 is 5.97 Å². The van der Waals surface area contributed by atoms with E-state index in [1.165, 1.54) is 18.3 Å². The highest BCUT2D eigenvalue weighted by Gasteiger charge is 2.07. The van der Waals surface area contributed by atoms with E-state index in [-0.39, 0.29) is 5.56 Å². The van der Waals surface area contributed by atoms with Gasteiger partial charge in [0.05, 0.1) is 20.7 Å². The van der Waals surface area contributed by atoms with Crippen LogP contribution in [0.5, 0.6) is 0 Å². The zero-order chi connectivity index (χ0) is 13.1. The predicted molar refractivity (Wildman–Crippen MR) is 73.6 cm³/mol. The molecule has 0 bridgehead atoms. The molecule has 2 N–H and O–H groups in total. The van der Waals surface area contributed by atoms with E-state index in [9.17, 15) is 4.79 Å². The first-order valence-corrected chi connectivity index (χ1v) is 6.15. The summed E-state index contributed by atoms with van der Waals surface area (Å²) in [6.07, 6.45) is 1.43. The molecule has 92 valence electrons. The van der Waals surface area contributed by atoms with Crippen molar-refractivity contribution in [3.63, 3.8) is 0 Å². The molecule has 18 heavy (non-hydrogen) atoms. The van der Waals surface area contributed by atoms with Gasteiger partial charge in [-0.1, -0.05) is 17.7 Å². The lowest BCUT2D eigenvalue weighted by Crippen LogP contribution is -2.00. The minimum absolute atomic E-state index is 0.172. The summed E-state index contributed by atoms with van der Waals surface area (Å²) in [7, 11) is 0. The van der Waals surface area contributed by atoms with Crippen LogP contribution in [0.4, 0.5) is 11.5 Å². The van der Waals surface area contributed by atoms with Gasteiger partial charge in [0.15, 0.2) is 0 Å². The maximum atomic E-state index is 10.8. The summed E-state index contributed by atoms with van der Waals surface area (Å²) in [6.45, 7) is 0. The zero-order valence-corrected chi connectivity index (χ0v) is 11.4. The van der Waals surface area contributed by atoms with Crippen molar-refractivity contribution in [1.82, 2.24) is 4.98 Å². The number of pyridine rings is 1. The van der Waals surface area contributed by atoms with Gasteiger partial charge in [0, 0.05) is 6.20 Å². The topological polar surface area (TPSA) is 62.2 Å². The molecule has 1 aromatic heterocycles. The summed E-state index contributed by atoms with van der Waals surface area (Å²) in [5.41, 5.74) is 0.892. The monoisotopic (exact) mass is 326 g/mol. The molecule has 1 heterocycles. The van der Waals surface area contributed by atoms with Crippen LogP contribution < -0.4 is 5.32 Å². The molecule has 0 saturated heterocycles. The van der Waals surface area contributed by atoms with Crippen LogP contribution in [0.3, 0.4) is 0 Å². The van der Waals surface area contributed by atoms with Crippen molar-refractivity contribution in [2.24, 2.45) is 0 Å². The first-order chi connectivity index (χ1) is 8.58. The van der Waals surface area contributed by atoms with E-state index in [1.54, 1.807) is 12.1 Å². The number of anilines is 2. The number of hydrogen-bond donors (Lipinski definition) is 2. The molecular formula is C12H8BrClN2O2. The average Bonchev–Trinajstić information content (AvgIpc) is 2.35. The van der Waals surface area contributed by atoms with Gasteiger partial charge in [-0.15, -0.1) is 0 Å². The standard InChI is InChI=1S/C12H8BrClN2O2/c13-11-8(14)2-1-3-9(11)16-10-6-7(12(17)18)4-5-15-10/h1-6H,(H,15,16)(H,17,18). The average molecular weight is 328 g/mol. The summed E-state index contributed by atoms with van der Waals surface area (Å²) in [6, 6.07) is 8.23. The van der Waals surface area contributed by atoms with Gasteiger partial charge in [-0.2, -0.15) is 0 Å². The molecular weight excluding hydrogens is 320 g/mol. The summed E-state index contributed by atoms with van der Waals surface area (Å²) < 4.78 is 0.703. The van der Waals surface area contributed by atoms with Gasteiger partial charge in [-0.25, -0.2) is 9.78 Å². The second-order valence-corrected chi connectivity index (χ2v) is 4.66. The number of carboxylic acids is 1. The van der Waals surface area contributed by atoms with E-state index in [4.69, 9.17) is 16.7 Å². The highest BCUT2D eigenvalue weighted by molar-refractivity contribution is 9.10. The maximum Gasteiger partial charge on any atom is 0.335 e. The third kappa shape index (κ3) is 2.80. The lowest BCUT2D eigenvalue weighted by atomic mass is 10.2. The van der Waals surface area contributed by atoms with E-state index in [1.807, 2.05) is 6.07 Å². The van der Waals surface area contributed by atoms with Gasteiger partial charge in [-0.05, 0) is 40.2 Å². The summed E-state index contributed by atoms with van der Waals surface area (Å²) >= 11 is 9.31. The highest BCUT2D eigenvalue weighted by Crippen LogP contribution is 2.31. The predicted octanol–water partition coefficient (Wildman–Crippen LogP) is 3.94. The Labute approximate surface area is 117 Å². The van der Waals surface area contributed by atoms with Gasteiger partial charge in [0.1, 0.15) is 5.82 Å². The molecule has 0 amide bonds. The first-order valence-electron chi connectivity index (χ1n) is 4.98. The number of carbonyl (C=O) groups is 1. The Hall–Kier alpha value is -1.59. The van der Waals surface area contributed by atoms with Crippen LogP contribution >= 0.6 is 27.5 Å². The Kier molecular flexibility index (Phi) is 3.84. The second-order valence-electron chi connectivity index (χ2n) is 3.46. The minimum Gasteiger partial charge on any atom is -0.478 e. The van der Waals surface area contributed by atoms with Crippen LogP contribution in [0.15, 0.2) is 41.0 Å². The summed E-state index contributed by atoms with van der Waals surface area (Å²) in [4.78, 5) is 14.9. The second kappa shape index (κ2) is 5.37. The number of hydrogen-bond acceptors (Lipinski definition) is 3. The molecule has 0 saturated carbocycles. The van der Waals surface area contributed by atoms with Crippen molar-refractivity contribution in [1.29, 1.82) is 0 Å². The van der Waals surface area contributed by atoms with Gasteiger partial charge in [-0.3, -0.25) is 0 Å². The molecule has 4 nitrogen and oxygen atoms in total. The number of nitrogens with zero attached hydrogens (tertiary/aromatic N) is 1. The Balaban J connectivity index is 2.31. The fraction of sp³-hybridized carbons (Fsp3) is 0. The molecule has 0 aliphatic rings. The van der Waals surface area contributed by atoms with Crippen LogP contribution in [0.25, 0.3) is 0 Å². The molecule has 0 unspecified atom stereocenters. The highest BCUT2D eigenvalue weighted by atomic mass is 79.9. The molecule has 6 heteroatoms. The van der Waals surface area contributed by atoms with Crippen molar-refractivity contribution in [3.05, 3.63) is 51.6 Å². The first kappa shape index (κ1) is 12.9. The van der Waals surface area contributed by atoms with Gasteiger partial charge < -0.3 is 10.4 Å². The number of nitrogens with one attached hydrogen (secondary N) is 1. The summed E-state index contributed by atoms with van der Waals surface area (Å²) in [5.74, 6) is -0.552. The van der Waals surface area contributed by atoms with Crippen molar-refractivity contribution >= 4 is 45.0 Å². The Bertz CT molecular complexity index is 604. The molecule has 0 fully saturated rings. The van der Waals surface area contributed by atoms with Crippen LogP contribution in [0, 0.1) is 0 Å². The fourth-order valence-corrected chi connectivity index (χ4v) is 1.91. The smallest absolute Gasteiger partial charge is 0.335 e. The van der Waals surface area contributed by atoms with Crippen molar-refractivity contribution in [2.75, 3.05) is 5.32 Å². The number of halogens is 2. The lowest BCUT2D eigenvalue weighted by Gasteiger charge is -2.09. The number of aromatic carboxylic acids is 1. The van der Waals surface area contributed by atoms with Crippen molar-refractivity contribution in [2.45, 2.75) is 0 Å². The van der Waals surface area contributed by atoms with E-state index in [0.29, 0.717) is 15.3 Å². The number of aromatic nitrogens is 1. The molecule has 0 spiro atoms. The van der Waals surface area contributed by atoms with Crippen molar-refractivity contribution in [3.8, 4) is 0 Å². The third-order valence-electron chi connectivity index (χ3n) is 2.22. The van der Waals surface area contributed by atoms with Gasteiger partial charge in [0.25, 0.3) is 0 Å². The van der Waals surface area contributed by atoms with Crippen LogP contribution in [-0.2, 0) is 0 Å². The van der Waals surface area contributed by atoms with Crippen LogP contribution in [0.2, 0.25) is 5.02 Å². The SMILES string of the molecule is O=C(O)c1ccnc(Nc2cccc(Cl)c2Br)c1. The number of rotatable bonds is 3. The van der Waals surface area contributed by atoms with E-state index < -0.39 is 5.97 Å². The molecule has 0 atom stereocenters. The molecule has 0 radical (unpaired) electrons. The quantitative estimate of drug-likeness (QED) is 0.896. The Morgan fingerprint density at radius 3 is 2.89 bits per heavy atom. The zero-order valence-electron chi connectivity index (χ0n) is 9.02. The molecule has 2 aromatic rings. The van der Waals surface area contributed by atoms with Crippen LogP contribution in [-0.4, -0.2) is 16.1 Å². The van der Waals surface area contributed by atoms with Crippen LogP contribution in [0.1, 0.15) is 10.4 Å². The maximum absolute atomic E-state index is 10.8. The number of carboxylic acid groups (broad SMARTS) is 1. The molecule has 1 aromatic carbocycles. The van der Waals surface area contributed by atoms with E-state index in [2.05, 4.69) is 26.2 Å². The van der Waals surface area contributed by atoms with E-state index >= 15 is 0 Å². The molecule has 0 aliphatic heterocycles. The molecule has 0 aliphatic carbocycles. The fourth-order valence-electron chi connectivity index (χ4n) is 1.37. The molecule has 2 rings (SSSR count).